The van der Waals surface area contributed by atoms with Crippen LogP contribution in [0.4, 0.5) is 0 Å². The molecular weight excluding hydrogens is 230 g/mol. The molecule has 0 bridgehead atoms. The number of hydrogen-bond acceptors (Lipinski definition) is 4. The Kier molecular flexibility index (Phi) is 4.81. The van der Waals surface area contributed by atoms with E-state index in [-0.39, 0.29) is 17.6 Å². The van der Waals surface area contributed by atoms with E-state index in [0.29, 0.717) is 17.7 Å². The molecule has 1 rings (SSSR count). The number of pyridine rings is 1. The Morgan fingerprint density at radius 2 is 2.22 bits per heavy atom. The Morgan fingerprint density at radius 1 is 1.56 bits per heavy atom. The number of amides is 1. The molecule has 5 nitrogen and oxygen atoms in total. The molecule has 0 spiro atoms. The molecule has 18 heavy (non-hydrogen) atoms. The van der Waals surface area contributed by atoms with E-state index in [1.165, 1.54) is 6.07 Å². The lowest BCUT2D eigenvalue weighted by Crippen LogP contribution is -2.35. The second-order valence-corrected chi connectivity index (χ2v) is 4.40. The highest BCUT2D eigenvalue weighted by atomic mass is 16.3. The van der Waals surface area contributed by atoms with Crippen molar-refractivity contribution < 1.29 is 9.90 Å². The van der Waals surface area contributed by atoms with Crippen LogP contribution in [0.2, 0.25) is 0 Å². The van der Waals surface area contributed by atoms with E-state index in [0.717, 1.165) is 0 Å². The van der Waals surface area contributed by atoms with Crippen molar-refractivity contribution in [1.82, 2.24) is 10.3 Å². The van der Waals surface area contributed by atoms with Crippen LogP contribution in [0.25, 0.3) is 0 Å². The number of nitriles is 1. The summed E-state index contributed by atoms with van der Waals surface area (Å²) in [6.07, 6.45) is 0.0250. The fourth-order valence-corrected chi connectivity index (χ4v) is 1.67. The minimum atomic E-state index is -0.462. The summed E-state index contributed by atoms with van der Waals surface area (Å²) in [5, 5.41) is 20.7. The van der Waals surface area contributed by atoms with Gasteiger partial charge in [0.15, 0.2) is 0 Å². The molecule has 1 aromatic rings. The summed E-state index contributed by atoms with van der Waals surface area (Å²) in [6.45, 7) is 5.18. The van der Waals surface area contributed by atoms with Gasteiger partial charge >= 0.3 is 0 Å². The van der Waals surface area contributed by atoms with Crippen LogP contribution in [0.1, 0.15) is 42.0 Å². The molecule has 2 atom stereocenters. The maximum absolute atomic E-state index is 11.9. The summed E-state index contributed by atoms with van der Waals surface area (Å²) in [4.78, 5) is 15.9. The number of carbonyl (C=O) groups excluding carboxylic acids is 1. The number of carbonyl (C=O) groups is 1. The number of aromatic nitrogens is 1. The Hall–Kier alpha value is -1.93. The van der Waals surface area contributed by atoms with Crippen molar-refractivity contribution in [1.29, 1.82) is 5.26 Å². The van der Waals surface area contributed by atoms with Crippen molar-refractivity contribution in [2.24, 2.45) is 0 Å². The molecular formula is C13H17N3O2. The second-order valence-electron chi connectivity index (χ2n) is 4.40. The van der Waals surface area contributed by atoms with Crippen LogP contribution in [0.3, 0.4) is 0 Å². The van der Waals surface area contributed by atoms with Gasteiger partial charge in [0.1, 0.15) is 11.8 Å². The molecule has 0 fully saturated rings. The van der Waals surface area contributed by atoms with Crippen molar-refractivity contribution in [2.75, 3.05) is 0 Å². The highest BCUT2D eigenvalue weighted by Gasteiger charge is 2.13. The fourth-order valence-electron chi connectivity index (χ4n) is 1.67. The average molecular weight is 247 g/mol. The van der Waals surface area contributed by atoms with Crippen LogP contribution in [0.5, 0.6) is 0 Å². The van der Waals surface area contributed by atoms with Crippen molar-refractivity contribution in [3.63, 3.8) is 0 Å². The summed E-state index contributed by atoms with van der Waals surface area (Å²) in [7, 11) is 0. The van der Waals surface area contributed by atoms with E-state index >= 15 is 0 Å². The summed E-state index contributed by atoms with van der Waals surface area (Å²) < 4.78 is 0. The highest BCUT2D eigenvalue weighted by molar-refractivity contribution is 5.92. The third-order valence-electron chi connectivity index (χ3n) is 2.51. The number of aliphatic hydroxyl groups is 1. The Bertz CT molecular complexity index is 478. The normalized spacial score (nSPS) is 13.5. The van der Waals surface area contributed by atoms with Gasteiger partial charge in [-0.15, -0.1) is 0 Å². The van der Waals surface area contributed by atoms with Gasteiger partial charge in [-0.05, 0) is 39.3 Å². The van der Waals surface area contributed by atoms with Crippen molar-refractivity contribution in [2.45, 2.75) is 39.3 Å². The predicted molar refractivity (Wildman–Crippen MR) is 66.9 cm³/mol. The molecule has 0 aromatic carbocycles. The molecule has 1 aromatic heterocycles. The van der Waals surface area contributed by atoms with Crippen LogP contribution < -0.4 is 5.32 Å². The number of aliphatic hydroxyl groups excluding tert-OH is 1. The molecule has 2 unspecified atom stereocenters. The molecule has 0 radical (unpaired) electrons. The SMILES string of the molecule is Cc1nc(C(=O)NC(C)CC(C)O)ccc1C#N. The van der Waals surface area contributed by atoms with Crippen LogP contribution >= 0.6 is 0 Å². The first kappa shape index (κ1) is 14.1. The van der Waals surface area contributed by atoms with E-state index in [1.807, 2.05) is 13.0 Å². The summed E-state index contributed by atoms with van der Waals surface area (Å²) in [5.74, 6) is -0.296. The zero-order valence-electron chi connectivity index (χ0n) is 10.8. The van der Waals surface area contributed by atoms with E-state index in [2.05, 4.69) is 10.3 Å². The topological polar surface area (TPSA) is 86.0 Å². The predicted octanol–water partition coefficient (Wildman–Crippen LogP) is 1.15. The molecule has 0 aliphatic rings. The third kappa shape index (κ3) is 3.82. The van der Waals surface area contributed by atoms with Gasteiger partial charge in [-0.3, -0.25) is 4.79 Å². The number of aryl methyl sites for hydroxylation is 1. The minimum Gasteiger partial charge on any atom is -0.393 e. The molecule has 2 N–H and O–H groups in total. The lowest BCUT2D eigenvalue weighted by molar-refractivity contribution is 0.0918. The first-order chi connectivity index (χ1) is 8.43. The fraction of sp³-hybridized carbons (Fsp3) is 0.462. The Morgan fingerprint density at radius 3 is 2.72 bits per heavy atom. The van der Waals surface area contributed by atoms with Gasteiger partial charge in [-0.25, -0.2) is 4.98 Å². The maximum Gasteiger partial charge on any atom is 0.270 e. The van der Waals surface area contributed by atoms with Crippen molar-refractivity contribution in [3.8, 4) is 6.07 Å². The largest absolute Gasteiger partial charge is 0.393 e. The second kappa shape index (κ2) is 6.12. The molecule has 96 valence electrons. The van der Waals surface area contributed by atoms with Gasteiger partial charge in [0.25, 0.3) is 5.91 Å². The zero-order valence-corrected chi connectivity index (χ0v) is 10.8. The van der Waals surface area contributed by atoms with Crippen LogP contribution in [-0.2, 0) is 0 Å². The summed E-state index contributed by atoms with van der Waals surface area (Å²) >= 11 is 0. The lowest BCUT2D eigenvalue weighted by atomic mass is 10.1. The molecule has 0 aliphatic heterocycles. The number of nitrogens with one attached hydrogen (secondary N) is 1. The third-order valence-corrected chi connectivity index (χ3v) is 2.51. The Balaban J connectivity index is 2.73. The zero-order chi connectivity index (χ0) is 13.7. The standard InChI is InChI=1S/C13H17N3O2/c1-8(6-9(2)17)15-13(18)12-5-4-11(7-14)10(3)16-12/h4-5,8-9,17H,6H2,1-3H3,(H,15,18). The van der Waals surface area contributed by atoms with E-state index in [9.17, 15) is 9.90 Å². The number of nitrogens with zero attached hydrogens (tertiary/aromatic N) is 2. The van der Waals surface area contributed by atoms with Crippen LogP contribution in [0.15, 0.2) is 12.1 Å². The van der Waals surface area contributed by atoms with E-state index in [1.54, 1.807) is 19.9 Å². The number of hydrogen-bond donors (Lipinski definition) is 2. The number of rotatable bonds is 4. The first-order valence-electron chi connectivity index (χ1n) is 5.80. The lowest BCUT2D eigenvalue weighted by Gasteiger charge is -2.15. The molecule has 1 amide bonds. The van der Waals surface area contributed by atoms with Gasteiger partial charge in [0.05, 0.1) is 17.4 Å². The Labute approximate surface area is 106 Å². The molecule has 0 aliphatic carbocycles. The summed E-state index contributed by atoms with van der Waals surface area (Å²) in [6, 6.07) is 4.98. The van der Waals surface area contributed by atoms with Gasteiger partial charge < -0.3 is 10.4 Å². The molecule has 0 saturated heterocycles. The molecule has 1 heterocycles. The van der Waals surface area contributed by atoms with E-state index in [4.69, 9.17) is 5.26 Å². The van der Waals surface area contributed by atoms with Crippen LogP contribution in [0, 0.1) is 18.3 Å². The van der Waals surface area contributed by atoms with E-state index < -0.39 is 6.10 Å². The quantitative estimate of drug-likeness (QED) is 0.835. The van der Waals surface area contributed by atoms with Gasteiger partial charge in [0.2, 0.25) is 0 Å². The minimum absolute atomic E-state index is 0.129. The van der Waals surface area contributed by atoms with Crippen molar-refractivity contribution >= 4 is 5.91 Å². The molecule has 0 saturated carbocycles. The average Bonchev–Trinajstić information content (AvgIpc) is 2.27. The molecule has 5 heteroatoms. The smallest absolute Gasteiger partial charge is 0.270 e. The van der Waals surface area contributed by atoms with Crippen molar-refractivity contribution in [3.05, 3.63) is 29.1 Å². The summed E-state index contributed by atoms with van der Waals surface area (Å²) in [5.41, 5.74) is 1.28. The van der Waals surface area contributed by atoms with Gasteiger partial charge in [-0.2, -0.15) is 5.26 Å². The highest BCUT2D eigenvalue weighted by Crippen LogP contribution is 2.06. The van der Waals surface area contributed by atoms with Crippen LogP contribution in [-0.4, -0.2) is 28.1 Å². The van der Waals surface area contributed by atoms with Gasteiger partial charge in [-0.1, -0.05) is 0 Å². The van der Waals surface area contributed by atoms with Gasteiger partial charge in [0, 0.05) is 6.04 Å². The first-order valence-corrected chi connectivity index (χ1v) is 5.80. The monoisotopic (exact) mass is 247 g/mol. The maximum atomic E-state index is 11.9.